The lowest BCUT2D eigenvalue weighted by atomic mass is 10.1. The summed E-state index contributed by atoms with van der Waals surface area (Å²) in [6.45, 7) is 6.42. The van der Waals surface area contributed by atoms with Crippen LogP contribution in [0.15, 0.2) is 0 Å². The van der Waals surface area contributed by atoms with Gasteiger partial charge in [-0.15, -0.1) is 0 Å². The van der Waals surface area contributed by atoms with Crippen LogP contribution < -0.4 is 5.73 Å². The normalized spacial score (nSPS) is 26.9. The summed E-state index contributed by atoms with van der Waals surface area (Å²) in [6.07, 6.45) is -0.353. The van der Waals surface area contributed by atoms with Gasteiger partial charge in [-0.05, 0) is 20.8 Å². The van der Waals surface area contributed by atoms with Crippen LogP contribution in [0.25, 0.3) is 0 Å². The van der Waals surface area contributed by atoms with Crippen LogP contribution in [0, 0.1) is 5.92 Å². The van der Waals surface area contributed by atoms with Gasteiger partial charge >= 0.3 is 6.09 Å². The molecular weight excluding hydrogens is 196 g/mol. The minimum absolute atomic E-state index is 0.0143. The quantitative estimate of drug-likeness (QED) is 0.655. The fourth-order valence-corrected chi connectivity index (χ4v) is 1.57. The SMILES string of the molecule is CC(C)(C)OC(=O)N1C[C@@H](CO)[C@@H](N)C1. The third-order valence-corrected chi connectivity index (χ3v) is 2.38. The van der Waals surface area contributed by atoms with Crippen molar-refractivity contribution < 1.29 is 14.6 Å². The Morgan fingerprint density at radius 2 is 2.13 bits per heavy atom. The second-order valence-electron chi connectivity index (χ2n) is 4.99. The van der Waals surface area contributed by atoms with E-state index in [1.165, 1.54) is 0 Å². The molecule has 5 heteroatoms. The van der Waals surface area contributed by atoms with Gasteiger partial charge in [-0.25, -0.2) is 4.79 Å². The number of hydrogen-bond donors (Lipinski definition) is 2. The maximum absolute atomic E-state index is 11.6. The molecule has 5 nitrogen and oxygen atoms in total. The maximum Gasteiger partial charge on any atom is 0.410 e. The maximum atomic E-state index is 11.6. The number of aliphatic hydroxyl groups is 1. The Morgan fingerprint density at radius 1 is 1.53 bits per heavy atom. The molecule has 0 aromatic rings. The average molecular weight is 216 g/mol. The number of carbonyl (C=O) groups is 1. The zero-order valence-corrected chi connectivity index (χ0v) is 9.56. The van der Waals surface area contributed by atoms with Gasteiger partial charge in [0, 0.05) is 31.7 Å². The van der Waals surface area contributed by atoms with Gasteiger partial charge in [0.25, 0.3) is 0 Å². The number of amides is 1. The van der Waals surface area contributed by atoms with Gasteiger partial charge in [0.05, 0.1) is 0 Å². The summed E-state index contributed by atoms with van der Waals surface area (Å²) in [5.74, 6) is -0.0301. The topological polar surface area (TPSA) is 75.8 Å². The van der Waals surface area contributed by atoms with Gasteiger partial charge in [0.2, 0.25) is 0 Å². The van der Waals surface area contributed by atoms with Gasteiger partial charge in [0.15, 0.2) is 0 Å². The number of nitrogens with two attached hydrogens (primary N) is 1. The van der Waals surface area contributed by atoms with Crippen molar-refractivity contribution in [3.05, 3.63) is 0 Å². The Bertz CT molecular complexity index is 237. The van der Waals surface area contributed by atoms with Gasteiger partial charge in [-0.2, -0.15) is 0 Å². The average Bonchev–Trinajstić information content (AvgIpc) is 2.43. The van der Waals surface area contributed by atoms with E-state index in [2.05, 4.69) is 0 Å². The minimum Gasteiger partial charge on any atom is -0.444 e. The smallest absolute Gasteiger partial charge is 0.410 e. The summed E-state index contributed by atoms with van der Waals surface area (Å²) in [4.78, 5) is 13.2. The van der Waals surface area contributed by atoms with E-state index in [4.69, 9.17) is 15.6 Å². The van der Waals surface area contributed by atoms with Crippen LogP contribution in [0.5, 0.6) is 0 Å². The fourth-order valence-electron chi connectivity index (χ4n) is 1.57. The van der Waals surface area contributed by atoms with Crippen molar-refractivity contribution in [1.82, 2.24) is 4.90 Å². The molecule has 1 fully saturated rings. The Hall–Kier alpha value is -0.810. The van der Waals surface area contributed by atoms with Gasteiger partial charge in [-0.1, -0.05) is 0 Å². The summed E-state index contributed by atoms with van der Waals surface area (Å²) in [6, 6.07) is -0.150. The molecule has 0 spiro atoms. The molecule has 1 rings (SSSR count). The summed E-state index contributed by atoms with van der Waals surface area (Å²) in [5, 5.41) is 9.01. The summed E-state index contributed by atoms with van der Waals surface area (Å²) >= 11 is 0. The molecule has 2 atom stereocenters. The van der Waals surface area contributed by atoms with E-state index in [-0.39, 0.29) is 24.7 Å². The van der Waals surface area contributed by atoms with E-state index in [1.54, 1.807) is 4.90 Å². The van der Waals surface area contributed by atoms with E-state index in [0.717, 1.165) is 0 Å². The first-order valence-electron chi connectivity index (χ1n) is 5.18. The number of ether oxygens (including phenoxy) is 1. The summed E-state index contributed by atoms with van der Waals surface area (Å²) in [5.41, 5.74) is 5.28. The lowest BCUT2D eigenvalue weighted by Gasteiger charge is -2.24. The largest absolute Gasteiger partial charge is 0.444 e. The molecule has 15 heavy (non-hydrogen) atoms. The second-order valence-corrected chi connectivity index (χ2v) is 4.99. The third-order valence-electron chi connectivity index (χ3n) is 2.38. The number of carbonyl (C=O) groups excluding carboxylic acids is 1. The molecule has 1 saturated heterocycles. The van der Waals surface area contributed by atoms with E-state index in [9.17, 15) is 4.79 Å². The molecule has 0 aromatic heterocycles. The number of nitrogens with zero attached hydrogens (tertiary/aromatic N) is 1. The van der Waals surface area contributed by atoms with Crippen molar-refractivity contribution in [2.75, 3.05) is 19.7 Å². The number of hydrogen-bond acceptors (Lipinski definition) is 4. The minimum atomic E-state index is -0.488. The molecule has 3 N–H and O–H groups in total. The van der Waals surface area contributed by atoms with Crippen molar-refractivity contribution in [3.8, 4) is 0 Å². The van der Waals surface area contributed by atoms with Crippen LogP contribution >= 0.6 is 0 Å². The van der Waals surface area contributed by atoms with Crippen molar-refractivity contribution >= 4 is 6.09 Å². The van der Waals surface area contributed by atoms with Crippen LogP contribution in [0.2, 0.25) is 0 Å². The predicted octanol–water partition coefficient (Wildman–Crippen LogP) is 0.173. The molecule has 88 valence electrons. The Kier molecular flexibility index (Phi) is 3.57. The first-order valence-corrected chi connectivity index (χ1v) is 5.18. The summed E-state index contributed by atoms with van der Waals surface area (Å²) in [7, 11) is 0. The van der Waals surface area contributed by atoms with E-state index >= 15 is 0 Å². The Morgan fingerprint density at radius 3 is 2.53 bits per heavy atom. The summed E-state index contributed by atoms with van der Waals surface area (Å²) < 4.78 is 5.21. The molecule has 0 aromatic carbocycles. The highest BCUT2D eigenvalue weighted by molar-refractivity contribution is 5.68. The Balaban J connectivity index is 2.50. The van der Waals surface area contributed by atoms with E-state index < -0.39 is 5.60 Å². The molecule has 1 aliphatic heterocycles. The molecular formula is C10H20N2O3. The highest BCUT2D eigenvalue weighted by Crippen LogP contribution is 2.18. The lowest BCUT2D eigenvalue weighted by Crippen LogP contribution is -2.36. The van der Waals surface area contributed by atoms with Crippen LogP contribution in [-0.4, -0.2) is 47.4 Å². The molecule has 0 saturated carbocycles. The van der Waals surface area contributed by atoms with Crippen LogP contribution in [0.3, 0.4) is 0 Å². The van der Waals surface area contributed by atoms with Gasteiger partial charge in [0.1, 0.15) is 5.60 Å². The molecule has 1 amide bonds. The number of aliphatic hydroxyl groups excluding tert-OH is 1. The zero-order chi connectivity index (χ0) is 11.6. The zero-order valence-electron chi connectivity index (χ0n) is 9.56. The first kappa shape index (κ1) is 12.3. The molecule has 0 aliphatic carbocycles. The Labute approximate surface area is 90.2 Å². The monoisotopic (exact) mass is 216 g/mol. The highest BCUT2D eigenvalue weighted by atomic mass is 16.6. The number of likely N-dealkylation sites (tertiary alicyclic amines) is 1. The molecule has 1 aliphatic rings. The first-order chi connectivity index (χ1) is 6.83. The second kappa shape index (κ2) is 4.37. The number of rotatable bonds is 1. The van der Waals surface area contributed by atoms with E-state index in [0.29, 0.717) is 13.1 Å². The van der Waals surface area contributed by atoms with Gasteiger partial charge < -0.3 is 20.5 Å². The van der Waals surface area contributed by atoms with Crippen LogP contribution in [0.4, 0.5) is 4.79 Å². The standard InChI is InChI=1S/C10H20N2O3/c1-10(2,3)15-9(14)12-4-7(6-13)8(11)5-12/h7-8,13H,4-6,11H2,1-3H3/t7-,8-/m0/s1. The van der Waals surface area contributed by atoms with E-state index in [1.807, 2.05) is 20.8 Å². The van der Waals surface area contributed by atoms with Gasteiger partial charge in [-0.3, -0.25) is 0 Å². The lowest BCUT2D eigenvalue weighted by molar-refractivity contribution is 0.0283. The predicted molar refractivity (Wildman–Crippen MR) is 56.4 cm³/mol. The fraction of sp³-hybridized carbons (Fsp3) is 0.900. The van der Waals surface area contributed by atoms with Crippen molar-refractivity contribution in [1.29, 1.82) is 0 Å². The molecule has 1 heterocycles. The van der Waals surface area contributed by atoms with Crippen LogP contribution in [0.1, 0.15) is 20.8 Å². The van der Waals surface area contributed by atoms with Crippen LogP contribution in [-0.2, 0) is 4.74 Å². The molecule has 0 radical (unpaired) electrons. The van der Waals surface area contributed by atoms with Crippen molar-refractivity contribution in [3.63, 3.8) is 0 Å². The molecule has 0 bridgehead atoms. The third kappa shape index (κ3) is 3.35. The molecule has 0 unspecified atom stereocenters. The van der Waals surface area contributed by atoms with Crippen molar-refractivity contribution in [2.45, 2.75) is 32.4 Å². The highest BCUT2D eigenvalue weighted by Gasteiger charge is 2.34. The van der Waals surface area contributed by atoms with Crippen molar-refractivity contribution in [2.24, 2.45) is 11.7 Å².